The normalized spacial score (nSPS) is 15.8. The molecule has 1 heterocycles. The van der Waals surface area contributed by atoms with Gasteiger partial charge in [0.25, 0.3) is 0 Å². The molecule has 0 atom stereocenters. The zero-order valence-corrected chi connectivity index (χ0v) is 12.3. The third kappa shape index (κ3) is 4.13. The van der Waals surface area contributed by atoms with Crippen molar-refractivity contribution in [1.82, 2.24) is 10.2 Å². The van der Waals surface area contributed by atoms with Crippen LogP contribution in [0, 0.1) is 16.7 Å². The standard InChI is InChI=1S/C14H20ClN5/c1-10-6-8-20(9-7-10)14(17)19-13(16)18-12-4-2-11(15)3-5-12/h2-5,10H,6-9H2,1H3,(H4,16,17,18,19). The lowest BCUT2D eigenvalue weighted by molar-refractivity contribution is 0.275. The number of rotatable bonds is 1. The van der Waals surface area contributed by atoms with E-state index in [0.29, 0.717) is 5.02 Å². The summed E-state index contributed by atoms with van der Waals surface area (Å²) in [6.07, 6.45) is 2.20. The first-order chi connectivity index (χ1) is 9.54. The van der Waals surface area contributed by atoms with Gasteiger partial charge in [-0.15, -0.1) is 0 Å². The molecule has 0 radical (unpaired) electrons. The lowest BCUT2D eigenvalue weighted by Gasteiger charge is -2.32. The Bertz CT molecular complexity index is 477. The molecular formula is C14H20ClN5. The lowest BCUT2D eigenvalue weighted by atomic mass is 10.00. The summed E-state index contributed by atoms with van der Waals surface area (Å²) in [5.41, 5.74) is 0.770. The van der Waals surface area contributed by atoms with Crippen molar-refractivity contribution in [3.05, 3.63) is 29.3 Å². The fourth-order valence-corrected chi connectivity index (χ4v) is 2.26. The molecule has 1 fully saturated rings. The van der Waals surface area contributed by atoms with Gasteiger partial charge in [0.2, 0.25) is 0 Å². The van der Waals surface area contributed by atoms with Crippen molar-refractivity contribution in [2.45, 2.75) is 19.8 Å². The zero-order valence-electron chi connectivity index (χ0n) is 11.5. The molecule has 1 aliphatic rings. The highest BCUT2D eigenvalue weighted by molar-refractivity contribution is 6.30. The Morgan fingerprint density at radius 3 is 2.40 bits per heavy atom. The van der Waals surface area contributed by atoms with Gasteiger partial charge in [0.1, 0.15) is 0 Å². The third-order valence-corrected chi connectivity index (χ3v) is 3.71. The Hall–Kier alpha value is -1.75. The molecule has 1 aromatic carbocycles. The van der Waals surface area contributed by atoms with Crippen molar-refractivity contribution in [1.29, 1.82) is 10.8 Å². The molecule has 0 aliphatic carbocycles. The van der Waals surface area contributed by atoms with Crippen LogP contribution in [0.3, 0.4) is 0 Å². The molecule has 6 heteroatoms. The van der Waals surface area contributed by atoms with E-state index in [9.17, 15) is 0 Å². The maximum absolute atomic E-state index is 7.99. The second kappa shape index (κ2) is 6.61. The van der Waals surface area contributed by atoms with E-state index >= 15 is 0 Å². The molecule has 0 bridgehead atoms. The molecule has 0 spiro atoms. The highest BCUT2D eigenvalue weighted by Crippen LogP contribution is 2.16. The van der Waals surface area contributed by atoms with Crippen LogP contribution in [-0.4, -0.2) is 29.9 Å². The number of nitrogens with one attached hydrogen (secondary N) is 4. The van der Waals surface area contributed by atoms with E-state index in [1.807, 2.05) is 4.90 Å². The average Bonchev–Trinajstić information content (AvgIpc) is 2.42. The average molecular weight is 294 g/mol. The molecule has 0 saturated carbocycles. The zero-order chi connectivity index (χ0) is 14.5. The van der Waals surface area contributed by atoms with E-state index in [0.717, 1.165) is 37.5 Å². The van der Waals surface area contributed by atoms with Gasteiger partial charge in [-0.25, -0.2) is 0 Å². The molecule has 1 saturated heterocycles. The van der Waals surface area contributed by atoms with Crippen LogP contribution in [-0.2, 0) is 0 Å². The van der Waals surface area contributed by atoms with Gasteiger partial charge >= 0.3 is 0 Å². The Balaban J connectivity index is 1.82. The molecule has 4 N–H and O–H groups in total. The first-order valence-corrected chi connectivity index (χ1v) is 7.14. The van der Waals surface area contributed by atoms with E-state index < -0.39 is 0 Å². The second-order valence-electron chi connectivity index (χ2n) is 5.15. The van der Waals surface area contributed by atoms with Gasteiger partial charge in [0.15, 0.2) is 11.9 Å². The molecular weight excluding hydrogens is 274 g/mol. The van der Waals surface area contributed by atoms with Crippen LogP contribution in [0.25, 0.3) is 0 Å². The summed E-state index contributed by atoms with van der Waals surface area (Å²) in [6, 6.07) is 7.11. The highest BCUT2D eigenvalue weighted by Gasteiger charge is 2.18. The SMILES string of the molecule is CC1CCN(C(=N)NC(=N)Nc2ccc(Cl)cc2)CC1. The number of hydrogen-bond acceptors (Lipinski definition) is 2. The van der Waals surface area contributed by atoms with Crippen LogP contribution in [0.4, 0.5) is 5.69 Å². The number of halogens is 1. The molecule has 1 aromatic rings. The van der Waals surface area contributed by atoms with Crippen molar-refractivity contribution in [2.75, 3.05) is 18.4 Å². The van der Waals surface area contributed by atoms with Crippen LogP contribution in [0.1, 0.15) is 19.8 Å². The Labute approximate surface area is 124 Å². The molecule has 0 aromatic heterocycles. The van der Waals surface area contributed by atoms with Crippen LogP contribution in [0.5, 0.6) is 0 Å². The van der Waals surface area contributed by atoms with Crippen molar-refractivity contribution in [3.63, 3.8) is 0 Å². The van der Waals surface area contributed by atoms with Gasteiger partial charge < -0.3 is 10.2 Å². The van der Waals surface area contributed by atoms with E-state index in [2.05, 4.69) is 17.6 Å². The molecule has 5 nitrogen and oxygen atoms in total. The third-order valence-electron chi connectivity index (χ3n) is 3.46. The minimum absolute atomic E-state index is 0.0935. The molecule has 0 amide bonds. The highest BCUT2D eigenvalue weighted by atomic mass is 35.5. The van der Waals surface area contributed by atoms with Gasteiger partial charge in [0.05, 0.1) is 0 Å². The number of nitrogens with zero attached hydrogens (tertiary/aromatic N) is 1. The summed E-state index contributed by atoms with van der Waals surface area (Å²) in [4.78, 5) is 1.97. The van der Waals surface area contributed by atoms with E-state index in [1.54, 1.807) is 24.3 Å². The molecule has 108 valence electrons. The summed E-state index contributed by atoms with van der Waals surface area (Å²) in [5.74, 6) is 1.10. The van der Waals surface area contributed by atoms with Gasteiger partial charge in [0, 0.05) is 23.8 Å². The predicted molar refractivity (Wildman–Crippen MR) is 83.6 cm³/mol. The van der Waals surface area contributed by atoms with Gasteiger partial charge in [-0.1, -0.05) is 18.5 Å². The number of anilines is 1. The maximum Gasteiger partial charge on any atom is 0.199 e. The Kier molecular flexibility index (Phi) is 4.84. The molecule has 1 aliphatic heterocycles. The van der Waals surface area contributed by atoms with E-state index in [4.69, 9.17) is 22.4 Å². The topological polar surface area (TPSA) is 75.0 Å². The van der Waals surface area contributed by atoms with Gasteiger partial charge in [-0.3, -0.25) is 16.1 Å². The quantitative estimate of drug-likeness (QED) is 0.475. The van der Waals surface area contributed by atoms with Crippen molar-refractivity contribution in [2.24, 2.45) is 5.92 Å². The van der Waals surface area contributed by atoms with Crippen LogP contribution in [0.15, 0.2) is 24.3 Å². The minimum Gasteiger partial charge on any atom is -0.343 e. The van der Waals surface area contributed by atoms with Gasteiger partial charge in [-0.05, 0) is 43.0 Å². The molecule has 0 unspecified atom stereocenters. The maximum atomic E-state index is 7.99. The summed E-state index contributed by atoms with van der Waals surface area (Å²) >= 11 is 5.81. The first-order valence-electron chi connectivity index (χ1n) is 6.76. The number of hydrogen-bond donors (Lipinski definition) is 4. The monoisotopic (exact) mass is 293 g/mol. The molecule has 20 heavy (non-hydrogen) atoms. The summed E-state index contributed by atoms with van der Waals surface area (Å²) in [6.45, 7) is 3.99. The van der Waals surface area contributed by atoms with E-state index in [-0.39, 0.29) is 11.9 Å². The summed E-state index contributed by atoms with van der Waals surface area (Å²) in [5, 5.41) is 22.2. The first kappa shape index (κ1) is 14.7. The van der Waals surface area contributed by atoms with Crippen LogP contribution < -0.4 is 10.6 Å². The van der Waals surface area contributed by atoms with Crippen LogP contribution in [0.2, 0.25) is 5.02 Å². The number of likely N-dealkylation sites (tertiary alicyclic amines) is 1. The van der Waals surface area contributed by atoms with Crippen molar-refractivity contribution >= 4 is 29.2 Å². The van der Waals surface area contributed by atoms with Crippen molar-refractivity contribution in [3.8, 4) is 0 Å². The Morgan fingerprint density at radius 2 is 1.80 bits per heavy atom. The van der Waals surface area contributed by atoms with Crippen LogP contribution >= 0.6 is 11.6 Å². The number of piperidine rings is 1. The van der Waals surface area contributed by atoms with Crippen molar-refractivity contribution < 1.29 is 0 Å². The smallest absolute Gasteiger partial charge is 0.199 e. The minimum atomic E-state index is 0.0935. The largest absolute Gasteiger partial charge is 0.343 e. The molecule has 2 rings (SSSR count). The fraction of sp³-hybridized carbons (Fsp3) is 0.429. The number of benzene rings is 1. The summed E-state index contributed by atoms with van der Waals surface area (Å²) in [7, 11) is 0. The predicted octanol–water partition coefficient (Wildman–Crippen LogP) is 2.94. The summed E-state index contributed by atoms with van der Waals surface area (Å²) < 4.78 is 0. The number of guanidine groups is 2. The second-order valence-corrected chi connectivity index (χ2v) is 5.59. The fourth-order valence-electron chi connectivity index (χ4n) is 2.14. The van der Waals surface area contributed by atoms with Gasteiger partial charge in [-0.2, -0.15) is 0 Å². The lowest BCUT2D eigenvalue weighted by Crippen LogP contribution is -2.48. The Morgan fingerprint density at radius 1 is 1.20 bits per heavy atom. The van der Waals surface area contributed by atoms with E-state index in [1.165, 1.54) is 0 Å².